The van der Waals surface area contributed by atoms with E-state index in [1.807, 2.05) is 19.1 Å². The minimum Gasteiger partial charge on any atom is -0.493 e. The third-order valence-electron chi connectivity index (χ3n) is 3.62. The molecule has 8 heteroatoms. The number of benzene rings is 1. The first-order valence-corrected chi connectivity index (χ1v) is 8.48. The quantitative estimate of drug-likeness (QED) is 0.505. The lowest BCUT2D eigenvalue weighted by molar-refractivity contribution is -0.128. The number of aliphatic imine (C=N–C) groups is 1. The van der Waals surface area contributed by atoms with Gasteiger partial charge in [-0.25, -0.2) is 4.99 Å². The van der Waals surface area contributed by atoms with Crippen LogP contribution in [0.15, 0.2) is 17.1 Å². The summed E-state index contributed by atoms with van der Waals surface area (Å²) in [5.41, 5.74) is 0.918. The number of guanidine groups is 1. The molecule has 146 valence electrons. The Morgan fingerprint density at radius 2 is 1.69 bits per heavy atom. The zero-order valence-electron chi connectivity index (χ0n) is 16.5. The third-order valence-corrected chi connectivity index (χ3v) is 3.62. The monoisotopic (exact) mass is 366 g/mol. The van der Waals surface area contributed by atoms with Crippen LogP contribution < -0.4 is 24.8 Å². The van der Waals surface area contributed by atoms with Crippen LogP contribution in [0.4, 0.5) is 0 Å². The fourth-order valence-electron chi connectivity index (χ4n) is 2.25. The van der Waals surface area contributed by atoms with Crippen molar-refractivity contribution >= 4 is 11.9 Å². The largest absolute Gasteiger partial charge is 0.493 e. The zero-order valence-corrected chi connectivity index (χ0v) is 16.5. The highest BCUT2D eigenvalue weighted by Gasteiger charge is 2.13. The van der Waals surface area contributed by atoms with Gasteiger partial charge in [0.2, 0.25) is 11.7 Å². The van der Waals surface area contributed by atoms with E-state index in [2.05, 4.69) is 15.6 Å². The summed E-state index contributed by atoms with van der Waals surface area (Å²) in [6, 6.07) is 3.73. The summed E-state index contributed by atoms with van der Waals surface area (Å²) in [5.74, 6) is 2.44. The summed E-state index contributed by atoms with van der Waals surface area (Å²) in [5, 5.41) is 6.32. The number of ether oxygens (including phenoxy) is 3. The van der Waals surface area contributed by atoms with Crippen LogP contribution in [0.25, 0.3) is 0 Å². The molecule has 8 nitrogen and oxygen atoms in total. The van der Waals surface area contributed by atoms with Gasteiger partial charge >= 0.3 is 0 Å². The molecule has 0 radical (unpaired) electrons. The molecule has 0 spiro atoms. The summed E-state index contributed by atoms with van der Waals surface area (Å²) >= 11 is 0. The molecule has 26 heavy (non-hydrogen) atoms. The number of nitrogens with zero attached hydrogens (tertiary/aromatic N) is 2. The molecule has 1 aromatic carbocycles. The topological polar surface area (TPSA) is 84.4 Å². The van der Waals surface area contributed by atoms with Gasteiger partial charge in [0.05, 0.1) is 27.9 Å². The number of rotatable bonds is 9. The van der Waals surface area contributed by atoms with Crippen LogP contribution in [0.3, 0.4) is 0 Å². The van der Waals surface area contributed by atoms with Gasteiger partial charge in [0.1, 0.15) is 0 Å². The molecule has 0 fully saturated rings. The number of hydrogen-bond donors (Lipinski definition) is 2. The van der Waals surface area contributed by atoms with Crippen molar-refractivity contribution in [1.29, 1.82) is 0 Å². The fourth-order valence-corrected chi connectivity index (χ4v) is 2.25. The Morgan fingerprint density at radius 3 is 2.15 bits per heavy atom. The van der Waals surface area contributed by atoms with Gasteiger partial charge in [-0.3, -0.25) is 4.79 Å². The van der Waals surface area contributed by atoms with Crippen molar-refractivity contribution in [3.05, 3.63) is 17.7 Å². The molecule has 0 bridgehead atoms. The molecule has 0 aromatic heterocycles. The Kier molecular flexibility index (Phi) is 9.11. The van der Waals surface area contributed by atoms with Gasteiger partial charge in [-0.1, -0.05) is 0 Å². The summed E-state index contributed by atoms with van der Waals surface area (Å²) in [4.78, 5) is 17.8. The van der Waals surface area contributed by atoms with Crippen molar-refractivity contribution in [3.63, 3.8) is 0 Å². The Bertz CT molecular complexity index is 592. The van der Waals surface area contributed by atoms with E-state index in [0.717, 1.165) is 12.1 Å². The molecule has 0 saturated carbocycles. The maximum absolute atomic E-state index is 11.6. The van der Waals surface area contributed by atoms with Crippen molar-refractivity contribution in [3.8, 4) is 17.2 Å². The van der Waals surface area contributed by atoms with Crippen LogP contribution in [-0.2, 0) is 11.3 Å². The molecule has 0 atom stereocenters. The fraction of sp³-hybridized carbons (Fsp3) is 0.556. The summed E-state index contributed by atoms with van der Waals surface area (Å²) in [6.45, 7) is 3.65. The average molecular weight is 366 g/mol. The standard InChI is InChI=1S/C18H30N4O4/c1-7-19-18(20-9-8-16(23)22(2)3)21-12-13-10-14(24-4)17(26-6)15(11-13)25-5/h10-11H,7-9,12H2,1-6H3,(H2,19,20,21). The normalized spacial score (nSPS) is 10.9. The highest BCUT2D eigenvalue weighted by atomic mass is 16.5. The zero-order chi connectivity index (χ0) is 19.5. The number of amides is 1. The first-order valence-electron chi connectivity index (χ1n) is 8.48. The SMILES string of the molecule is CCNC(=NCc1cc(OC)c(OC)c(OC)c1)NCCC(=O)N(C)C. The average Bonchev–Trinajstić information content (AvgIpc) is 2.64. The number of carbonyl (C=O) groups is 1. The molecular formula is C18H30N4O4. The molecule has 1 rings (SSSR count). The predicted molar refractivity (Wildman–Crippen MR) is 102 cm³/mol. The number of carbonyl (C=O) groups excluding carboxylic acids is 1. The van der Waals surface area contributed by atoms with Crippen molar-refractivity contribution in [1.82, 2.24) is 15.5 Å². The van der Waals surface area contributed by atoms with E-state index >= 15 is 0 Å². The van der Waals surface area contributed by atoms with Crippen LogP contribution in [0, 0.1) is 0 Å². The highest BCUT2D eigenvalue weighted by molar-refractivity contribution is 5.81. The third kappa shape index (κ3) is 6.34. The van der Waals surface area contributed by atoms with E-state index in [1.54, 1.807) is 40.3 Å². The lowest BCUT2D eigenvalue weighted by Crippen LogP contribution is -2.39. The lowest BCUT2D eigenvalue weighted by Gasteiger charge is -2.15. The maximum atomic E-state index is 11.6. The van der Waals surface area contributed by atoms with Gasteiger partial charge in [-0.05, 0) is 24.6 Å². The number of methoxy groups -OCH3 is 3. The molecule has 0 aliphatic carbocycles. The van der Waals surface area contributed by atoms with E-state index in [0.29, 0.717) is 42.7 Å². The Balaban J connectivity index is 2.84. The molecule has 0 aliphatic rings. The molecule has 1 amide bonds. The van der Waals surface area contributed by atoms with E-state index in [9.17, 15) is 4.79 Å². The molecular weight excluding hydrogens is 336 g/mol. The second-order valence-electron chi connectivity index (χ2n) is 5.69. The Hall–Kier alpha value is -2.64. The van der Waals surface area contributed by atoms with Gasteiger partial charge in [-0.2, -0.15) is 0 Å². The van der Waals surface area contributed by atoms with Crippen LogP contribution >= 0.6 is 0 Å². The van der Waals surface area contributed by atoms with Gasteiger partial charge in [0.25, 0.3) is 0 Å². The predicted octanol–water partition coefficient (Wildman–Crippen LogP) is 1.25. The van der Waals surface area contributed by atoms with Crippen LogP contribution in [-0.4, -0.2) is 65.3 Å². The number of hydrogen-bond acceptors (Lipinski definition) is 5. The summed E-state index contributed by atoms with van der Waals surface area (Å²) in [6.07, 6.45) is 0.404. The van der Waals surface area contributed by atoms with Crippen LogP contribution in [0.1, 0.15) is 18.9 Å². The Morgan fingerprint density at radius 1 is 1.08 bits per heavy atom. The van der Waals surface area contributed by atoms with Crippen molar-refractivity contribution in [2.24, 2.45) is 4.99 Å². The molecule has 1 aromatic rings. The molecule has 0 unspecified atom stereocenters. The lowest BCUT2D eigenvalue weighted by atomic mass is 10.2. The van der Waals surface area contributed by atoms with Gasteiger partial charge < -0.3 is 29.7 Å². The first kappa shape index (κ1) is 21.4. The first-order chi connectivity index (χ1) is 12.5. The highest BCUT2D eigenvalue weighted by Crippen LogP contribution is 2.38. The maximum Gasteiger partial charge on any atom is 0.223 e. The summed E-state index contributed by atoms with van der Waals surface area (Å²) in [7, 11) is 8.22. The van der Waals surface area contributed by atoms with Crippen molar-refractivity contribution in [2.45, 2.75) is 19.9 Å². The second kappa shape index (κ2) is 11.1. The minimum absolute atomic E-state index is 0.0676. The van der Waals surface area contributed by atoms with E-state index in [4.69, 9.17) is 14.2 Å². The van der Waals surface area contributed by atoms with Gasteiger partial charge in [0.15, 0.2) is 17.5 Å². The van der Waals surface area contributed by atoms with Crippen molar-refractivity contribution in [2.75, 3.05) is 48.5 Å². The molecule has 0 aliphatic heterocycles. The smallest absolute Gasteiger partial charge is 0.223 e. The Labute approximate surface area is 155 Å². The van der Waals surface area contributed by atoms with Gasteiger partial charge in [0, 0.05) is 33.6 Å². The van der Waals surface area contributed by atoms with E-state index in [-0.39, 0.29) is 5.91 Å². The number of nitrogens with one attached hydrogen (secondary N) is 2. The molecule has 2 N–H and O–H groups in total. The molecule has 0 saturated heterocycles. The van der Waals surface area contributed by atoms with Crippen molar-refractivity contribution < 1.29 is 19.0 Å². The van der Waals surface area contributed by atoms with E-state index < -0.39 is 0 Å². The van der Waals surface area contributed by atoms with Crippen LogP contribution in [0.2, 0.25) is 0 Å². The summed E-state index contributed by atoms with van der Waals surface area (Å²) < 4.78 is 16.0. The minimum atomic E-state index is 0.0676. The van der Waals surface area contributed by atoms with Gasteiger partial charge in [-0.15, -0.1) is 0 Å². The van der Waals surface area contributed by atoms with E-state index in [1.165, 1.54) is 0 Å². The molecule has 0 heterocycles. The second-order valence-corrected chi connectivity index (χ2v) is 5.69. The van der Waals surface area contributed by atoms with Crippen LogP contribution in [0.5, 0.6) is 17.2 Å².